The van der Waals surface area contributed by atoms with Crippen LogP contribution in [0.2, 0.25) is 0 Å². The molecular formula is C32H36O5S. The van der Waals surface area contributed by atoms with Crippen LogP contribution < -0.4 is 4.74 Å². The van der Waals surface area contributed by atoms with Gasteiger partial charge in [0.05, 0.1) is 13.0 Å². The smallest absolute Gasteiger partial charge is 0.349 e. The zero-order valence-electron chi connectivity index (χ0n) is 22.5. The standard InChI is InChI=1S/C32H36O5S/c1-22-19-28(25(31(2,3)4)20-27(22)36-18-17-33)38-29-26(34)21-32(37-30(29)35,24-13-9-6-10-14-24)16-15-23-11-7-5-8-12-23/h5-14,19-20,33-34H,15-18,21H2,1-4H3. The Labute approximate surface area is 229 Å². The lowest BCUT2D eigenvalue weighted by Gasteiger charge is -2.38. The summed E-state index contributed by atoms with van der Waals surface area (Å²) in [5, 5.41) is 20.5. The Morgan fingerprint density at radius 2 is 1.68 bits per heavy atom. The lowest BCUT2D eigenvalue weighted by molar-refractivity contribution is -0.160. The number of aliphatic hydroxyl groups is 2. The molecule has 6 heteroatoms. The van der Waals surface area contributed by atoms with Gasteiger partial charge in [-0.15, -0.1) is 0 Å². The molecule has 0 aliphatic carbocycles. The average molecular weight is 533 g/mol. The Bertz CT molecular complexity index is 1290. The molecule has 0 saturated carbocycles. The summed E-state index contributed by atoms with van der Waals surface area (Å²) >= 11 is 1.24. The van der Waals surface area contributed by atoms with Gasteiger partial charge in [-0.2, -0.15) is 0 Å². The van der Waals surface area contributed by atoms with Crippen molar-refractivity contribution in [3.63, 3.8) is 0 Å². The second-order valence-electron chi connectivity index (χ2n) is 10.7. The van der Waals surface area contributed by atoms with E-state index in [4.69, 9.17) is 9.47 Å². The molecule has 0 radical (unpaired) electrons. The predicted octanol–water partition coefficient (Wildman–Crippen LogP) is 7.00. The van der Waals surface area contributed by atoms with Crippen LogP contribution in [-0.4, -0.2) is 29.4 Å². The largest absolute Gasteiger partial charge is 0.511 e. The molecule has 5 nitrogen and oxygen atoms in total. The number of hydrogen-bond donors (Lipinski definition) is 2. The van der Waals surface area contributed by atoms with Gasteiger partial charge in [0.15, 0.2) is 0 Å². The maximum absolute atomic E-state index is 13.6. The highest BCUT2D eigenvalue weighted by Crippen LogP contribution is 2.47. The molecule has 1 heterocycles. The van der Waals surface area contributed by atoms with Crippen molar-refractivity contribution >= 4 is 17.7 Å². The Kier molecular flexibility index (Phi) is 8.54. The van der Waals surface area contributed by atoms with Gasteiger partial charge in [-0.1, -0.05) is 93.2 Å². The molecule has 38 heavy (non-hydrogen) atoms. The van der Waals surface area contributed by atoms with Gasteiger partial charge < -0.3 is 19.7 Å². The van der Waals surface area contributed by atoms with Crippen LogP contribution in [-0.2, 0) is 27.0 Å². The molecule has 200 valence electrons. The van der Waals surface area contributed by atoms with Crippen molar-refractivity contribution in [2.24, 2.45) is 0 Å². The normalized spacial score (nSPS) is 17.9. The number of esters is 1. The molecule has 4 rings (SSSR count). The van der Waals surface area contributed by atoms with E-state index in [0.717, 1.165) is 27.1 Å². The van der Waals surface area contributed by atoms with Gasteiger partial charge in [0.25, 0.3) is 0 Å². The first-order chi connectivity index (χ1) is 18.1. The molecule has 0 aromatic heterocycles. The van der Waals surface area contributed by atoms with E-state index < -0.39 is 11.6 Å². The number of carbonyl (C=O) groups is 1. The summed E-state index contributed by atoms with van der Waals surface area (Å²) in [6.07, 6.45) is 1.47. The number of aliphatic hydroxyl groups excluding tert-OH is 2. The number of cyclic esters (lactones) is 1. The fraction of sp³-hybridized carbons (Fsp3) is 0.344. The molecule has 3 aromatic carbocycles. The van der Waals surface area contributed by atoms with E-state index >= 15 is 0 Å². The summed E-state index contributed by atoms with van der Waals surface area (Å²) in [5.74, 6) is 0.219. The molecule has 1 atom stereocenters. The highest BCUT2D eigenvalue weighted by Gasteiger charge is 2.43. The number of ether oxygens (including phenoxy) is 2. The van der Waals surface area contributed by atoms with E-state index in [-0.39, 0.29) is 35.7 Å². The number of rotatable bonds is 9. The minimum atomic E-state index is -0.951. The first-order valence-corrected chi connectivity index (χ1v) is 13.8. The van der Waals surface area contributed by atoms with E-state index in [9.17, 15) is 15.0 Å². The third-order valence-electron chi connectivity index (χ3n) is 6.79. The summed E-state index contributed by atoms with van der Waals surface area (Å²) in [5.41, 5.74) is 2.70. The molecule has 0 fully saturated rings. The van der Waals surface area contributed by atoms with E-state index in [1.807, 2.05) is 67.6 Å². The van der Waals surface area contributed by atoms with Crippen LogP contribution in [0, 0.1) is 6.92 Å². The second kappa shape index (κ2) is 11.7. The lowest BCUT2D eigenvalue weighted by atomic mass is 9.82. The third-order valence-corrected chi connectivity index (χ3v) is 7.96. The molecular weight excluding hydrogens is 496 g/mol. The number of carbonyl (C=O) groups excluding carboxylic acids is 1. The maximum atomic E-state index is 13.6. The summed E-state index contributed by atoms with van der Waals surface area (Å²) in [6.45, 7) is 8.35. The Hall–Kier alpha value is -3.22. The van der Waals surface area contributed by atoms with Crippen LogP contribution in [0.3, 0.4) is 0 Å². The summed E-state index contributed by atoms with van der Waals surface area (Å²) in [7, 11) is 0. The van der Waals surface area contributed by atoms with E-state index in [1.54, 1.807) is 0 Å². The van der Waals surface area contributed by atoms with Crippen LogP contribution in [0.15, 0.2) is 88.4 Å². The molecule has 3 aromatic rings. The monoisotopic (exact) mass is 532 g/mol. The molecule has 0 spiro atoms. The summed E-state index contributed by atoms with van der Waals surface area (Å²) < 4.78 is 12.0. The molecule has 2 N–H and O–H groups in total. The minimum Gasteiger partial charge on any atom is -0.511 e. The highest BCUT2D eigenvalue weighted by atomic mass is 32.2. The number of benzene rings is 3. The zero-order chi connectivity index (χ0) is 27.3. The Morgan fingerprint density at radius 1 is 1.03 bits per heavy atom. The second-order valence-corrected chi connectivity index (χ2v) is 11.8. The van der Waals surface area contributed by atoms with Gasteiger partial charge in [0.2, 0.25) is 0 Å². The molecule has 0 amide bonds. The Morgan fingerprint density at radius 3 is 2.29 bits per heavy atom. The lowest BCUT2D eigenvalue weighted by Crippen LogP contribution is -2.38. The minimum absolute atomic E-state index is 0.0429. The van der Waals surface area contributed by atoms with Crippen molar-refractivity contribution in [1.82, 2.24) is 0 Å². The first kappa shape index (κ1) is 27.8. The topological polar surface area (TPSA) is 76.0 Å². The van der Waals surface area contributed by atoms with Crippen LogP contribution in [0.5, 0.6) is 5.75 Å². The van der Waals surface area contributed by atoms with E-state index in [2.05, 4.69) is 32.9 Å². The van der Waals surface area contributed by atoms with E-state index in [1.165, 1.54) is 11.8 Å². The molecule has 1 unspecified atom stereocenters. The van der Waals surface area contributed by atoms with Crippen molar-refractivity contribution in [2.75, 3.05) is 13.2 Å². The van der Waals surface area contributed by atoms with Gasteiger partial charge in [-0.05, 0) is 59.6 Å². The zero-order valence-corrected chi connectivity index (χ0v) is 23.3. The van der Waals surface area contributed by atoms with Crippen molar-refractivity contribution in [3.8, 4) is 5.75 Å². The average Bonchev–Trinajstić information content (AvgIpc) is 2.89. The molecule has 0 saturated heterocycles. The first-order valence-electron chi connectivity index (χ1n) is 12.9. The molecule has 0 bridgehead atoms. The van der Waals surface area contributed by atoms with Crippen LogP contribution in [0.25, 0.3) is 0 Å². The van der Waals surface area contributed by atoms with Gasteiger partial charge in [-0.25, -0.2) is 4.79 Å². The van der Waals surface area contributed by atoms with Gasteiger partial charge >= 0.3 is 5.97 Å². The van der Waals surface area contributed by atoms with Crippen molar-refractivity contribution < 1.29 is 24.5 Å². The maximum Gasteiger partial charge on any atom is 0.349 e. The van der Waals surface area contributed by atoms with E-state index in [0.29, 0.717) is 18.6 Å². The number of hydrogen-bond acceptors (Lipinski definition) is 6. The fourth-order valence-electron chi connectivity index (χ4n) is 4.76. The van der Waals surface area contributed by atoms with Gasteiger partial charge in [0, 0.05) is 4.90 Å². The molecule has 1 aliphatic heterocycles. The number of aryl methyl sites for hydroxylation is 2. The quantitative estimate of drug-likeness (QED) is 0.289. The number of thioether (sulfide) groups is 1. The van der Waals surface area contributed by atoms with Gasteiger partial charge in [0.1, 0.15) is 28.6 Å². The third kappa shape index (κ3) is 6.25. The SMILES string of the molecule is Cc1cc(SC2=C(O)CC(CCc3ccccc3)(c3ccccc3)OC2=O)c(C(C)(C)C)cc1OCCO. The fourth-order valence-corrected chi connectivity index (χ4v) is 6.01. The molecule has 1 aliphatic rings. The predicted molar refractivity (Wildman–Crippen MR) is 152 cm³/mol. The van der Waals surface area contributed by atoms with Crippen molar-refractivity contribution in [2.45, 2.75) is 62.9 Å². The van der Waals surface area contributed by atoms with Crippen molar-refractivity contribution in [3.05, 3.63) is 106 Å². The van der Waals surface area contributed by atoms with Crippen LogP contribution >= 0.6 is 11.8 Å². The summed E-state index contributed by atoms with van der Waals surface area (Å²) in [4.78, 5) is 14.6. The van der Waals surface area contributed by atoms with Crippen LogP contribution in [0.4, 0.5) is 0 Å². The van der Waals surface area contributed by atoms with Gasteiger partial charge in [-0.3, -0.25) is 0 Å². The highest BCUT2D eigenvalue weighted by molar-refractivity contribution is 8.04. The van der Waals surface area contributed by atoms with Crippen LogP contribution in [0.1, 0.15) is 55.9 Å². The summed E-state index contributed by atoms with van der Waals surface area (Å²) in [6, 6.07) is 23.7. The Balaban J connectivity index is 1.69. The van der Waals surface area contributed by atoms with Crippen molar-refractivity contribution in [1.29, 1.82) is 0 Å².